The molecule has 0 N–H and O–H groups in total. The fraction of sp³-hybridized carbons (Fsp3) is 0.650. The summed E-state index contributed by atoms with van der Waals surface area (Å²) >= 11 is 0. The minimum Gasteiger partial charge on any atom is -0.486 e. The maximum absolute atomic E-state index is 12.9. The smallest absolute Gasteiger partial charge is 0.237 e. The number of nitrogens with zero attached hydrogens (tertiary/aromatic N) is 3. The van der Waals surface area contributed by atoms with Crippen molar-refractivity contribution >= 4 is 5.91 Å². The summed E-state index contributed by atoms with van der Waals surface area (Å²) in [6.45, 7) is 9.69. The molecule has 0 aliphatic carbocycles. The van der Waals surface area contributed by atoms with Crippen molar-refractivity contribution in [1.82, 2.24) is 14.7 Å². The second-order valence-electron chi connectivity index (χ2n) is 7.57. The van der Waals surface area contributed by atoms with E-state index in [1.54, 1.807) is 0 Å². The summed E-state index contributed by atoms with van der Waals surface area (Å²) in [6.07, 6.45) is 0.980. The van der Waals surface area contributed by atoms with Gasteiger partial charge in [0.15, 0.2) is 17.6 Å². The molecule has 2 aliphatic rings. The minimum absolute atomic E-state index is 0.133. The summed E-state index contributed by atoms with van der Waals surface area (Å²) in [4.78, 5) is 19.5. The van der Waals surface area contributed by atoms with Crippen molar-refractivity contribution in [1.29, 1.82) is 0 Å². The molecule has 0 aromatic heterocycles. The predicted molar refractivity (Wildman–Crippen MR) is 102 cm³/mol. The van der Waals surface area contributed by atoms with Crippen molar-refractivity contribution in [3.8, 4) is 11.5 Å². The van der Waals surface area contributed by atoms with Gasteiger partial charge in [-0.25, -0.2) is 0 Å². The summed E-state index contributed by atoms with van der Waals surface area (Å²) < 4.78 is 11.8. The van der Waals surface area contributed by atoms with Gasteiger partial charge >= 0.3 is 0 Å². The van der Waals surface area contributed by atoms with Crippen molar-refractivity contribution in [2.45, 2.75) is 32.4 Å². The van der Waals surface area contributed by atoms with Crippen LogP contribution in [-0.2, 0) is 4.79 Å². The van der Waals surface area contributed by atoms with Gasteiger partial charge in [-0.15, -0.1) is 0 Å². The Morgan fingerprint density at radius 1 is 1.19 bits per heavy atom. The summed E-state index contributed by atoms with van der Waals surface area (Å²) in [5.41, 5.74) is 0. The Morgan fingerprint density at radius 3 is 2.73 bits per heavy atom. The second-order valence-corrected chi connectivity index (χ2v) is 7.57. The molecule has 26 heavy (non-hydrogen) atoms. The van der Waals surface area contributed by atoms with Gasteiger partial charge in [0.25, 0.3) is 0 Å². The number of amides is 1. The normalized spacial score (nSPS) is 21.5. The standard InChI is InChI=1S/C20H31N3O3/c1-16(2)23(20(24)14-22-10-6-9-21(3)11-12-22)13-17-15-25-18-7-4-5-8-19(18)26-17/h4-5,7-8,16-17H,6,9-15H2,1-3H3/t17-/m0/s1. The molecule has 3 rings (SSSR count). The summed E-state index contributed by atoms with van der Waals surface area (Å²) in [5.74, 6) is 1.71. The van der Waals surface area contributed by atoms with Gasteiger partial charge in [-0.2, -0.15) is 0 Å². The van der Waals surface area contributed by atoms with Crippen molar-refractivity contribution in [3.05, 3.63) is 24.3 Å². The average Bonchev–Trinajstić information content (AvgIpc) is 2.83. The van der Waals surface area contributed by atoms with E-state index in [9.17, 15) is 4.79 Å². The van der Waals surface area contributed by atoms with Gasteiger partial charge in [0.05, 0.1) is 13.1 Å². The molecule has 1 aromatic rings. The predicted octanol–water partition coefficient (Wildman–Crippen LogP) is 1.70. The molecule has 1 saturated heterocycles. The number of benzene rings is 1. The maximum Gasteiger partial charge on any atom is 0.237 e. The SMILES string of the molecule is CC(C)N(C[C@H]1COc2ccccc2O1)C(=O)CN1CCCN(C)CC1. The summed E-state index contributed by atoms with van der Waals surface area (Å²) in [5, 5.41) is 0. The van der Waals surface area contributed by atoms with Crippen LogP contribution >= 0.6 is 0 Å². The molecule has 2 heterocycles. The van der Waals surface area contributed by atoms with Gasteiger partial charge in [0.2, 0.25) is 5.91 Å². The fourth-order valence-corrected chi connectivity index (χ4v) is 3.51. The number of ether oxygens (including phenoxy) is 2. The molecule has 6 nitrogen and oxygen atoms in total. The van der Waals surface area contributed by atoms with Crippen LogP contribution in [0.25, 0.3) is 0 Å². The highest BCUT2D eigenvalue weighted by molar-refractivity contribution is 5.78. The zero-order valence-electron chi connectivity index (χ0n) is 16.2. The third kappa shape index (κ3) is 4.89. The van der Waals surface area contributed by atoms with E-state index in [1.807, 2.05) is 29.2 Å². The van der Waals surface area contributed by atoms with E-state index in [2.05, 4.69) is 30.7 Å². The second kappa shape index (κ2) is 8.73. The highest BCUT2D eigenvalue weighted by Crippen LogP contribution is 2.31. The van der Waals surface area contributed by atoms with Crippen LogP contribution in [-0.4, -0.2) is 85.7 Å². The highest BCUT2D eigenvalue weighted by Gasteiger charge is 2.28. The van der Waals surface area contributed by atoms with Gasteiger partial charge in [-0.1, -0.05) is 12.1 Å². The van der Waals surface area contributed by atoms with Gasteiger partial charge in [-0.05, 0) is 52.5 Å². The van der Waals surface area contributed by atoms with E-state index in [1.165, 1.54) is 0 Å². The molecule has 1 atom stereocenters. The van der Waals surface area contributed by atoms with E-state index < -0.39 is 0 Å². The van der Waals surface area contributed by atoms with Crippen LogP contribution in [0.15, 0.2) is 24.3 Å². The minimum atomic E-state index is -0.133. The van der Waals surface area contributed by atoms with Crippen LogP contribution in [0.1, 0.15) is 20.3 Å². The average molecular weight is 361 g/mol. The number of likely N-dealkylation sites (N-methyl/N-ethyl adjacent to an activating group) is 1. The van der Waals surface area contributed by atoms with Crippen LogP contribution in [0.2, 0.25) is 0 Å². The monoisotopic (exact) mass is 361 g/mol. The van der Waals surface area contributed by atoms with Crippen LogP contribution in [0.3, 0.4) is 0 Å². The zero-order chi connectivity index (χ0) is 18.5. The Hall–Kier alpha value is -1.79. The number of fused-ring (bicyclic) bond motifs is 1. The van der Waals surface area contributed by atoms with E-state index in [0.29, 0.717) is 19.7 Å². The number of hydrogen-bond acceptors (Lipinski definition) is 5. The van der Waals surface area contributed by atoms with Crippen molar-refractivity contribution in [2.24, 2.45) is 0 Å². The summed E-state index contributed by atoms with van der Waals surface area (Å²) in [7, 11) is 2.14. The van der Waals surface area contributed by atoms with Gasteiger partial charge in [-0.3, -0.25) is 9.69 Å². The number of para-hydroxylation sites is 2. The molecule has 0 unspecified atom stereocenters. The topological polar surface area (TPSA) is 45.3 Å². The molecule has 6 heteroatoms. The number of carbonyl (C=O) groups excluding carboxylic acids is 1. The maximum atomic E-state index is 12.9. The van der Waals surface area contributed by atoms with Crippen molar-refractivity contribution in [2.75, 3.05) is 52.9 Å². The molecule has 0 bridgehead atoms. The van der Waals surface area contributed by atoms with Gasteiger partial charge in [0, 0.05) is 19.1 Å². The molecule has 144 valence electrons. The van der Waals surface area contributed by atoms with E-state index in [4.69, 9.17) is 9.47 Å². The molecular formula is C20H31N3O3. The molecule has 1 fully saturated rings. The Bertz CT molecular complexity index is 608. The van der Waals surface area contributed by atoms with Crippen molar-refractivity contribution < 1.29 is 14.3 Å². The molecule has 0 saturated carbocycles. The molecule has 1 amide bonds. The molecule has 2 aliphatic heterocycles. The van der Waals surface area contributed by atoms with Crippen molar-refractivity contribution in [3.63, 3.8) is 0 Å². The Balaban J connectivity index is 1.57. The highest BCUT2D eigenvalue weighted by atomic mass is 16.6. The molecule has 0 radical (unpaired) electrons. The van der Waals surface area contributed by atoms with Crippen LogP contribution in [0.5, 0.6) is 11.5 Å². The number of carbonyl (C=O) groups is 1. The van der Waals surface area contributed by atoms with Crippen LogP contribution in [0, 0.1) is 0 Å². The lowest BCUT2D eigenvalue weighted by Crippen LogP contribution is -2.50. The largest absolute Gasteiger partial charge is 0.486 e. The summed E-state index contributed by atoms with van der Waals surface area (Å²) in [6, 6.07) is 7.83. The molecule has 0 spiro atoms. The lowest BCUT2D eigenvalue weighted by atomic mass is 10.2. The third-order valence-electron chi connectivity index (χ3n) is 5.08. The third-order valence-corrected chi connectivity index (χ3v) is 5.08. The first kappa shape index (κ1) is 19.0. The molecular weight excluding hydrogens is 330 g/mol. The molecule has 1 aromatic carbocycles. The fourth-order valence-electron chi connectivity index (χ4n) is 3.51. The van der Waals surface area contributed by atoms with E-state index >= 15 is 0 Å². The van der Waals surface area contributed by atoms with E-state index in [0.717, 1.165) is 44.1 Å². The van der Waals surface area contributed by atoms with Gasteiger partial charge in [0.1, 0.15) is 6.61 Å². The van der Waals surface area contributed by atoms with E-state index in [-0.39, 0.29) is 18.1 Å². The lowest BCUT2D eigenvalue weighted by Gasteiger charge is -2.34. The first-order chi connectivity index (χ1) is 12.5. The zero-order valence-corrected chi connectivity index (χ0v) is 16.2. The van der Waals surface area contributed by atoms with Gasteiger partial charge < -0.3 is 19.3 Å². The lowest BCUT2D eigenvalue weighted by molar-refractivity contribution is -0.135. The Kier molecular flexibility index (Phi) is 6.38. The Labute approximate surface area is 156 Å². The number of rotatable bonds is 5. The first-order valence-electron chi connectivity index (χ1n) is 9.62. The van der Waals surface area contributed by atoms with Crippen LogP contribution in [0.4, 0.5) is 0 Å². The Morgan fingerprint density at radius 2 is 1.96 bits per heavy atom. The number of hydrogen-bond donors (Lipinski definition) is 0. The quantitative estimate of drug-likeness (QED) is 0.799. The first-order valence-corrected chi connectivity index (χ1v) is 9.62. The van der Waals surface area contributed by atoms with Crippen LogP contribution < -0.4 is 9.47 Å².